The van der Waals surface area contributed by atoms with Crippen LogP contribution in [0.2, 0.25) is 0 Å². The Morgan fingerprint density at radius 1 is 0.512 bits per heavy atom. The van der Waals surface area contributed by atoms with Crippen LogP contribution in [0, 0.1) is 0 Å². The largest absolute Gasteiger partial charge is 0.491 e. The molecule has 0 N–H and O–H groups in total. The van der Waals surface area contributed by atoms with Crippen LogP contribution in [0.3, 0.4) is 0 Å². The van der Waals surface area contributed by atoms with Gasteiger partial charge in [-0.15, -0.1) is 0 Å². The van der Waals surface area contributed by atoms with Crippen molar-refractivity contribution in [3.8, 4) is 11.5 Å². The smallest absolute Gasteiger partial charge is 0.123 e. The van der Waals surface area contributed by atoms with Gasteiger partial charge in [-0.3, -0.25) is 0 Å². The number of ether oxygens (including phenoxy) is 3. The van der Waals surface area contributed by atoms with Gasteiger partial charge in [0.25, 0.3) is 0 Å². The molecule has 0 atom stereocenters. The number of rotatable bonds is 24. The summed E-state index contributed by atoms with van der Waals surface area (Å²) >= 11 is 0. The van der Waals surface area contributed by atoms with Gasteiger partial charge < -0.3 is 23.3 Å². The van der Waals surface area contributed by atoms with E-state index in [0.29, 0.717) is 38.8 Å². The average molecular weight is 607 g/mol. The molecule has 0 saturated carbocycles. The van der Waals surface area contributed by atoms with E-state index in [9.17, 15) is 9.13 Å². The molecular weight excluding hydrogens is 550 g/mol. The fraction of sp³-hybridized carbons (Fsp3) is 0.647. The lowest BCUT2D eigenvalue weighted by atomic mass is 10.2. The van der Waals surface area contributed by atoms with Gasteiger partial charge in [-0.2, -0.15) is 0 Å². The van der Waals surface area contributed by atoms with Crippen LogP contribution in [-0.4, -0.2) is 51.1 Å². The zero-order chi connectivity index (χ0) is 29.8. The number of unbranched alkanes of at least 4 members (excludes halogenated alkanes) is 4. The molecule has 0 aliphatic rings. The van der Waals surface area contributed by atoms with E-state index < -0.39 is 14.3 Å². The van der Waals surface area contributed by atoms with Gasteiger partial charge in [0.05, 0.1) is 27.5 Å². The molecule has 0 saturated heterocycles. The van der Waals surface area contributed by atoms with Crippen molar-refractivity contribution in [2.45, 2.75) is 91.4 Å². The molecule has 0 aliphatic heterocycles. The minimum Gasteiger partial charge on any atom is -0.491 e. The van der Waals surface area contributed by atoms with Crippen molar-refractivity contribution in [2.75, 3.05) is 51.1 Å². The van der Waals surface area contributed by atoms with Crippen molar-refractivity contribution < 1.29 is 23.3 Å². The Kier molecular flexibility index (Phi) is 17.7. The summed E-state index contributed by atoms with van der Waals surface area (Å²) < 4.78 is 45.4. The maximum Gasteiger partial charge on any atom is 0.123 e. The predicted octanol–water partition coefficient (Wildman–Crippen LogP) is 10.1. The number of para-hydroxylation sites is 2. The fourth-order valence-electron chi connectivity index (χ4n) is 5.02. The maximum atomic E-state index is 13.7. The highest BCUT2D eigenvalue weighted by atomic mass is 31.2. The molecule has 0 aromatic heterocycles. The highest BCUT2D eigenvalue weighted by molar-refractivity contribution is 7.63. The number of benzene rings is 2. The van der Waals surface area contributed by atoms with Crippen molar-refractivity contribution in [1.29, 1.82) is 0 Å². The zero-order valence-electron chi connectivity index (χ0n) is 26.3. The Bertz CT molecular complexity index is 963. The molecule has 0 bridgehead atoms. The van der Waals surface area contributed by atoms with E-state index in [2.05, 4.69) is 39.8 Å². The molecule has 0 amide bonds. The summed E-state index contributed by atoms with van der Waals surface area (Å²) in [4.78, 5) is 0. The van der Waals surface area contributed by atoms with Crippen molar-refractivity contribution in [1.82, 2.24) is 0 Å². The molecule has 5 nitrogen and oxygen atoms in total. The minimum atomic E-state index is -2.26. The molecule has 232 valence electrons. The van der Waals surface area contributed by atoms with Gasteiger partial charge >= 0.3 is 0 Å². The topological polar surface area (TPSA) is 61.8 Å². The predicted molar refractivity (Wildman–Crippen MR) is 176 cm³/mol. The van der Waals surface area contributed by atoms with Crippen LogP contribution in [-0.2, 0) is 26.2 Å². The SMILES string of the molecule is CCCCP(=O)(CCCC)Cc1ccccc1OCCOCCOc1ccccc1CP(=O)(CCCC)CCCC. The van der Waals surface area contributed by atoms with E-state index in [1.807, 2.05) is 36.4 Å². The Hall–Kier alpha value is -1.54. The van der Waals surface area contributed by atoms with E-state index >= 15 is 0 Å². The summed E-state index contributed by atoms with van der Waals surface area (Å²) in [5.74, 6) is 1.62. The molecule has 0 aliphatic carbocycles. The molecule has 0 unspecified atom stereocenters. The van der Waals surface area contributed by atoms with Gasteiger partial charge in [-0.1, -0.05) is 89.8 Å². The van der Waals surface area contributed by atoms with Gasteiger partial charge in [0, 0.05) is 48.1 Å². The van der Waals surface area contributed by atoms with Crippen LogP contribution >= 0.6 is 14.3 Å². The standard InChI is InChI=1S/C34H56O5P2/c1-5-9-25-40(35,26-10-6-2)29-31-17-13-15-19-33(31)38-23-21-37-22-24-39-34-20-16-14-18-32(34)30-41(36,27-11-7-3)28-12-8-4/h13-20H,5-12,21-30H2,1-4H3. The minimum absolute atomic E-state index is 0.430. The maximum absolute atomic E-state index is 13.7. The van der Waals surface area contributed by atoms with E-state index in [0.717, 1.165) is 98.6 Å². The van der Waals surface area contributed by atoms with Gasteiger partial charge in [0.2, 0.25) is 0 Å². The molecule has 2 aromatic carbocycles. The summed E-state index contributed by atoms with van der Waals surface area (Å²) in [7, 11) is -4.52. The first-order valence-corrected chi connectivity index (χ1v) is 20.5. The second kappa shape index (κ2) is 20.4. The highest BCUT2D eigenvalue weighted by Gasteiger charge is 2.24. The van der Waals surface area contributed by atoms with Crippen LogP contribution in [0.5, 0.6) is 11.5 Å². The second-order valence-corrected chi connectivity index (χ2v) is 17.9. The van der Waals surface area contributed by atoms with Crippen LogP contribution in [0.4, 0.5) is 0 Å². The molecular formula is C34H56O5P2. The van der Waals surface area contributed by atoms with Crippen molar-refractivity contribution in [3.63, 3.8) is 0 Å². The molecule has 7 heteroatoms. The average Bonchev–Trinajstić information content (AvgIpc) is 2.98. The molecule has 0 radical (unpaired) electrons. The molecule has 2 aromatic rings. The fourth-order valence-corrected chi connectivity index (χ4v) is 11.4. The summed E-state index contributed by atoms with van der Waals surface area (Å²) in [5, 5.41) is 0. The monoisotopic (exact) mass is 606 g/mol. The lowest BCUT2D eigenvalue weighted by molar-refractivity contribution is 0.0760. The second-order valence-electron chi connectivity index (χ2n) is 11.3. The Morgan fingerprint density at radius 3 is 1.20 bits per heavy atom. The Morgan fingerprint density at radius 2 is 0.854 bits per heavy atom. The normalized spacial score (nSPS) is 12.0. The summed E-state index contributed by atoms with van der Waals surface area (Å²) in [6.45, 7) is 10.4. The van der Waals surface area contributed by atoms with Crippen LogP contribution < -0.4 is 9.47 Å². The van der Waals surface area contributed by atoms with Crippen LogP contribution in [0.15, 0.2) is 48.5 Å². The van der Waals surface area contributed by atoms with E-state index in [1.54, 1.807) is 0 Å². The Balaban J connectivity index is 1.83. The Labute approximate surface area is 250 Å². The van der Waals surface area contributed by atoms with E-state index in [4.69, 9.17) is 14.2 Å². The third-order valence-corrected chi connectivity index (χ3v) is 13.9. The quantitative estimate of drug-likeness (QED) is 0.0879. The molecule has 0 fully saturated rings. The third kappa shape index (κ3) is 14.0. The lowest BCUT2D eigenvalue weighted by Crippen LogP contribution is -2.13. The number of hydrogen-bond acceptors (Lipinski definition) is 5. The van der Waals surface area contributed by atoms with Gasteiger partial charge in [0.15, 0.2) is 0 Å². The van der Waals surface area contributed by atoms with Crippen LogP contribution in [0.25, 0.3) is 0 Å². The zero-order valence-corrected chi connectivity index (χ0v) is 28.1. The van der Waals surface area contributed by atoms with Gasteiger partial charge in [-0.25, -0.2) is 0 Å². The van der Waals surface area contributed by atoms with Gasteiger partial charge in [-0.05, 0) is 37.8 Å². The number of hydrogen-bond donors (Lipinski definition) is 0. The summed E-state index contributed by atoms with van der Waals surface area (Å²) in [6, 6.07) is 16.0. The molecule has 0 heterocycles. The highest BCUT2D eigenvalue weighted by Crippen LogP contribution is 2.52. The van der Waals surface area contributed by atoms with E-state index in [1.165, 1.54) is 0 Å². The van der Waals surface area contributed by atoms with Crippen LogP contribution in [0.1, 0.15) is 90.2 Å². The van der Waals surface area contributed by atoms with E-state index in [-0.39, 0.29) is 0 Å². The molecule has 2 rings (SSSR count). The van der Waals surface area contributed by atoms with Crippen molar-refractivity contribution in [3.05, 3.63) is 59.7 Å². The first-order valence-electron chi connectivity index (χ1n) is 16.0. The third-order valence-electron chi connectivity index (χ3n) is 7.51. The molecule has 0 spiro atoms. The molecule has 41 heavy (non-hydrogen) atoms. The lowest BCUT2D eigenvalue weighted by Gasteiger charge is -2.20. The van der Waals surface area contributed by atoms with Gasteiger partial charge in [0.1, 0.15) is 24.7 Å². The first-order chi connectivity index (χ1) is 19.9. The first kappa shape index (κ1) is 35.7. The summed E-state index contributed by atoms with van der Waals surface area (Å²) in [5.41, 5.74) is 2.08. The van der Waals surface area contributed by atoms with Crippen molar-refractivity contribution in [2.24, 2.45) is 0 Å². The van der Waals surface area contributed by atoms with Crippen molar-refractivity contribution >= 4 is 14.3 Å². The summed E-state index contributed by atoms with van der Waals surface area (Å²) in [6.07, 6.45) is 12.8.